The normalized spacial score (nSPS) is 9.95. The van der Waals surface area contributed by atoms with Gasteiger partial charge in [0.1, 0.15) is 5.82 Å². The van der Waals surface area contributed by atoms with Gasteiger partial charge in [0.05, 0.1) is 0 Å². The van der Waals surface area contributed by atoms with Gasteiger partial charge in [-0.15, -0.1) is 0 Å². The molecule has 0 fully saturated rings. The molecule has 110 valence electrons. The highest BCUT2D eigenvalue weighted by Gasteiger charge is 2.01. The maximum atomic E-state index is 12.9. The minimum atomic E-state index is -0.389. The molecule has 0 aliphatic carbocycles. The van der Waals surface area contributed by atoms with Crippen molar-refractivity contribution in [1.29, 1.82) is 0 Å². The molecule has 0 aliphatic heterocycles. The number of halogens is 1. The number of nitrogens with one attached hydrogen (secondary N) is 3. The Kier molecular flexibility index (Phi) is 5.45. The van der Waals surface area contributed by atoms with Crippen molar-refractivity contribution in [3.8, 4) is 0 Å². The van der Waals surface area contributed by atoms with Crippen LogP contribution in [0.2, 0.25) is 0 Å². The number of carbonyl (C=O) groups is 1. The number of nitrogens with zero attached hydrogens (tertiary/aromatic N) is 2. The van der Waals surface area contributed by atoms with Crippen LogP contribution in [0.5, 0.6) is 0 Å². The number of urea groups is 1. The van der Waals surface area contributed by atoms with Crippen molar-refractivity contribution in [3.05, 3.63) is 48.5 Å². The maximum absolute atomic E-state index is 12.9. The Balaban J connectivity index is 1.61. The Morgan fingerprint density at radius 3 is 2.71 bits per heavy atom. The van der Waals surface area contributed by atoms with E-state index in [1.54, 1.807) is 24.5 Å². The molecule has 0 bridgehead atoms. The predicted molar refractivity (Wildman–Crippen MR) is 78.6 cm³/mol. The summed E-state index contributed by atoms with van der Waals surface area (Å²) >= 11 is 0. The molecule has 7 heteroatoms. The quantitative estimate of drug-likeness (QED) is 0.713. The minimum absolute atomic E-state index is 0.364. The molecule has 0 unspecified atom stereocenters. The number of hydrogen-bond acceptors (Lipinski definition) is 4. The molecular weight excluding hydrogens is 273 g/mol. The van der Waals surface area contributed by atoms with E-state index < -0.39 is 0 Å². The molecule has 2 aromatic rings. The second kappa shape index (κ2) is 7.78. The number of aromatic nitrogens is 2. The monoisotopic (exact) mass is 289 g/mol. The third-order valence-corrected chi connectivity index (χ3v) is 2.57. The average Bonchev–Trinajstić information content (AvgIpc) is 2.48. The molecule has 6 nitrogen and oxygen atoms in total. The number of carbonyl (C=O) groups excluding carboxylic acids is 1. The van der Waals surface area contributed by atoms with Gasteiger partial charge in [0.2, 0.25) is 5.95 Å². The number of hydrogen-bond donors (Lipinski definition) is 3. The van der Waals surface area contributed by atoms with Crippen LogP contribution in [0.3, 0.4) is 0 Å². The molecular formula is C14H16FN5O. The lowest BCUT2D eigenvalue weighted by molar-refractivity contribution is 0.252. The van der Waals surface area contributed by atoms with Crippen molar-refractivity contribution in [2.45, 2.75) is 6.42 Å². The van der Waals surface area contributed by atoms with Crippen molar-refractivity contribution >= 4 is 17.7 Å². The van der Waals surface area contributed by atoms with E-state index in [-0.39, 0.29) is 11.8 Å². The summed E-state index contributed by atoms with van der Waals surface area (Å²) in [6, 6.07) is 7.11. The van der Waals surface area contributed by atoms with Gasteiger partial charge in [-0.1, -0.05) is 6.07 Å². The van der Waals surface area contributed by atoms with Crippen molar-refractivity contribution in [2.24, 2.45) is 0 Å². The first-order chi connectivity index (χ1) is 10.2. The summed E-state index contributed by atoms with van der Waals surface area (Å²) in [6.45, 7) is 1.13. The highest BCUT2D eigenvalue weighted by molar-refractivity contribution is 5.89. The zero-order chi connectivity index (χ0) is 14.9. The van der Waals surface area contributed by atoms with Crippen LogP contribution in [-0.2, 0) is 0 Å². The molecule has 0 aliphatic rings. The van der Waals surface area contributed by atoms with Crippen molar-refractivity contribution in [1.82, 2.24) is 15.3 Å². The molecule has 0 atom stereocenters. The van der Waals surface area contributed by atoms with E-state index >= 15 is 0 Å². The van der Waals surface area contributed by atoms with Gasteiger partial charge in [-0.05, 0) is 30.7 Å². The second-order valence-electron chi connectivity index (χ2n) is 4.24. The Bertz CT molecular complexity index is 579. The molecule has 0 saturated carbocycles. The smallest absolute Gasteiger partial charge is 0.319 e. The van der Waals surface area contributed by atoms with Gasteiger partial charge in [-0.3, -0.25) is 0 Å². The third kappa shape index (κ3) is 5.43. The largest absolute Gasteiger partial charge is 0.354 e. The van der Waals surface area contributed by atoms with Crippen LogP contribution >= 0.6 is 0 Å². The Labute approximate surface area is 121 Å². The van der Waals surface area contributed by atoms with Gasteiger partial charge >= 0.3 is 6.03 Å². The highest BCUT2D eigenvalue weighted by atomic mass is 19.1. The van der Waals surface area contributed by atoms with Gasteiger partial charge in [0.25, 0.3) is 0 Å². The van der Waals surface area contributed by atoms with E-state index in [1.807, 2.05) is 0 Å². The summed E-state index contributed by atoms with van der Waals surface area (Å²) in [4.78, 5) is 19.6. The Morgan fingerprint density at radius 2 is 1.95 bits per heavy atom. The minimum Gasteiger partial charge on any atom is -0.354 e. The molecule has 3 N–H and O–H groups in total. The van der Waals surface area contributed by atoms with Crippen LogP contribution < -0.4 is 16.0 Å². The maximum Gasteiger partial charge on any atom is 0.319 e. The molecule has 0 radical (unpaired) electrons. The van der Waals surface area contributed by atoms with Crippen LogP contribution in [0.4, 0.5) is 20.8 Å². The average molecular weight is 289 g/mol. The summed E-state index contributed by atoms with van der Waals surface area (Å²) in [5.41, 5.74) is 0.420. The number of benzene rings is 1. The van der Waals surface area contributed by atoms with Crippen molar-refractivity contribution in [2.75, 3.05) is 23.7 Å². The van der Waals surface area contributed by atoms with Crippen LogP contribution in [0, 0.1) is 5.82 Å². The first-order valence-electron chi connectivity index (χ1n) is 6.55. The summed E-state index contributed by atoms with van der Waals surface area (Å²) < 4.78 is 12.9. The summed E-state index contributed by atoms with van der Waals surface area (Å²) in [5, 5.41) is 8.27. The lowest BCUT2D eigenvalue weighted by Crippen LogP contribution is -2.30. The summed E-state index contributed by atoms with van der Waals surface area (Å²) in [7, 11) is 0. The molecule has 2 amide bonds. The van der Waals surface area contributed by atoms with E-state index in [0.717, 1.165) is 6.42 Å². The van der Waals surface area contributed by atoms with E-state index in [1.165, 1.54) is 18.2 Å². The molecule has 0 saturated heterocycles. The molecule has 1 aromatic heterocycles. The molecule has 0 spiro atoms. The third-order valence-electron chi connectivity index (χ3n) is 2.57. The number of amides is 2. The molecule has 21 heavy (non-hydrogen) atoms. The standard InChI is InChI=1S/C14H16FN5O/c15-11-4-1-5-12(10-11)20-14(21)19-9-3-8-18-13-16-6-2-7-17-13/h1-2,4-7,10H,3,8-9H2,(H,16,17,18)(H2,19,20,21). The van der Waals surface area contributed by atoms with E-state index in [2.05, 4.69) is 25.9 Å². The fourth-order valence-electron chi connectivity index (χ4n) is 1.62. The first kappa shape index (κ1) is 14.7. The molecule has 1 aromatic carbocycles. The topological polar surface area (TPSA) is 78.9 Å². The fraction of sp³-hybridized carbons (Fsp3) is 0.214. The lowest BCUT2D eigenvalue weighted by atomic mass is 10.3. The predicted octanol–water partition coefficient (Wildman–Crippen LogP) is 2.24. The molecule has 1 heterocycles. The van der Waals surface area contributed by atoms with Crippen LogP contribution in [-0.4, -0.2) is 29.1 Å². The van der Waals surface area contributed by atoms with Crippen molar-refractivity contribution < 1.29 is 9.18 Å². The second-order valence-corrected chi connectivity index (χ2v) is 4.24. The number of anilines is 2. The lowest BCUT2D eigenvalue weighted by Gasteiger charge is -2.08. The van der Waals surface area contributed by atoms with Crippen LogP contribution in [0.15, 0.2) is 42.7 Å². The fourth-order valence-corrected chi connectivity index (χ4v) is 1.62. The summed E-state index contributed by atoms with van der Waals surface area (Å²) in [5.74, 6) is 0.168. The van der Waals surface area contributed by atoms with Crippen molar-refractivity contribution in [3.63, 3.8) is 0 Å². The van der Waals surface area contributed by atoms with Gasteiger partial charge < -0.3 is 16.0 Å². The van der Waals surface area contributed by atoms with Gasteiger partial charge in [-0.25, -0.2) is 19.2 Å². The SMILES string of the molecule is O=C(NCCCNc1ncccn1)Nc1cccc(F)c1. The Morgan fingerprint density at radius 1 is 1.14 bits per heavy atom. The van der Waals surface area contributed by atoms with Gasteiger partial charge in [-0.2, -0.15) is 0 Å². The van der Waals surface area contributed by atoms with Gasteiger partial charge in [0, 0.05) is 31.2 Å². The summed E-state index contributed by atoms with van der Waals surface area (Å²) in [6.07, 6.45) is 4.02. The zero-order valence-electron chi connectivity index (χ0n) is 11.3. The van der Waals surface area contributed by atoms with Crippen LogP contribution in [0.1, 0.15) is 6.42 Å². The first-order valence-corrected chi connectivity index (χ1v) is 6.55. The Hall–Kier alpha value is -2.70. The highest BCUT2D eigenvalue weighted by Crippen LogP contribution is 2.08. The molecule has 2 rings (SSSR count). The van der Waals surface area contributed by atoms with Gasteiger partial charge in [0.15, 0.2) is 0 Å². The van der Waals surface area contributed by atoms with Crippen LogP contribution in [0.25, 0.3) is 0 Å². The zero-order valence-corrected chi connectivity index (χ0v) is 11.3. The van der Waals surface area contributed by atoms with E-state index in [4.69, 9.17) is 0 Å². The van der Waals surface area contributed by atoms with E-state index in [0.29, 0.717) is 24.7 Å². The van der Waals surface area contributed by atoms with E-state index in [9.17, 15) is 9.18 Å². The number of rotatable bonds is 6.